The summed E-state index contributed by atoms with van der Waals surface area (Å²) in [4.78, 5) is 10.9. The van der Waals surface area contributed by atoms with Crippen molar-refractivity contribution in [3.63, 3.8) is 0 Å². The molecular formula is C13H16O2S. The van der Waals surface area contributed by atoms with E-state index in [0.29, 0.717) is 5.92 Å². The van der Waals surface area contributed by atoms with Crippen LogP contribution in [-0.4, -0.2) is 16.8 Å². The van der Waals surface area contributed by atoms with Gasteiger partial charge in [0.25, 0.3) is 0 Å². The van der Waals surface area contributed by atoms with E-state index < -0.39 is 5.97 Å². The van der Waals surface area contributed by atoms with Crippen LogP contribution >= 0.6 is 11.8 Å². The smallest absolute Gasteiger partial charge is 0.308 e. The van der Waals surface area contributed by atoms with Gasteiger partial charge in [0.05, 0.1) is 5.92 Å². The minimum atomic E-state index is -0.670. The summed E-state index contributed by atoms with van der Waals surface area (Å²) in [5, 5.41) is 9.15. The Morgan fingerprint density at radius 3 is 2.38 bits per heavy atom. The number of benzene rings is 1. The molecule has 0 spiro atoms. The van der Waals surface area contributed by atoms with E-state index in [4.69, 9.17) is 5.11 Å². The van der Waals surface area contributed by atoms with Crippen molar-refractivity contribution < 1.29 is 9.90 Å². The Hall–Kier alpha value is -0.960. The third-order valence-electron chi connectivity index (χ3n) is 3.07. The van der Waals surface area contributed by atoms with Crippen LogP contribution in [0.2, 0.25) is 0 Å². The summed E-state index contributed by atoms with van der Waals surface area (Å²) in [5.74, 6) is 0.399. The van der Waals surface area contributed by atoms with Gasteiger partial charge in [0.1, 0.15) is 0 Å². The van der Waals surface area contributed by atoms with Crippen molar-refractivity contribution in [2.24, 2.45) is 5.92 Å². The fraction of sp³-hybridized carbons (Fsp3) is 0.462. The first kappa shape index (κ1) is 11.5. The quantitative estimate of drug-likeness (QED) is 0.875. The van der Waals surface area contributed by atoms with Crippen LogP contribution in [0.15, 0.2) is 24.3 Å². The molecule has 1 aliphatic rings. The largest absolute Gasteiger partial charge is 0.481 e. The second-order valence-electron chi connectivity index (χ2n) is 4.52. The highest BCUT2D eigenvalue weighted by Crippen LogP contribution is 2.47. The number of hydrogen-bond donors (Lipinski definition) is 1. The zero-order valence-corrected chi connectivity index (χ0v) is 10.3. The average Bonchev–Trinajstić information content (AvgIpc) is 2.15. The van der Waals surface area contributed by atoms with Crippen LogP contribution in [0.5, 0.6) is 0 Å². The van der Waals surface area contributed by atoms with Crippen molar-refractivity contribution in [2.75, 3.05) is 5.75 Å². The maximum Gasteiger partial charge on any atom is 0.308 e. The van der Waals surface area contributed by atoms with Gasteiger partial charge in [0.15, 0.2) is 0 Å². The maximum atomic E-state index is 10.9. The van der Waals surface area contributed by atoms with Crippen molar-refractivity contribution in [3.8, 4) is 0 Å². The fourth-order valence-corrected chi connectivity index (χ4v) is 3.07. The first-order chi connectivity index (χ1) is 7.59. The van der Waals surface area contributed by atoms with Gasteiger partial charge in [-0.25, -0.2) is 0 Å². The van der Waals surface area contributed by atoms with Gasteiger partial charge in [0.2, 0.25) is 0 Å². The molecule has 2 nitrogen and oxygen atoms in total. The summed E-state index contributed by atoms with van der Waals surface area (Å²) in [5.41, 5.74) is 2.45. The van der Waals surface area contributed by atoms with Crippen LogP contribution in [0.1, 0.15) is 36.1 Å². The Labute approximate surface area is 100 Å². The molecule has 1 heterocycles. The van der Waals surface area contributed by atoms with Crippen molar-refractivity contribution >= 4 is 17.7 Å². The van der Waals surface area contributed by atoms with E-state index in [0.717, 1.165) is 11.3 Å². The van der Waals surface area contributed by atoms with E-state index in [2.05, 4.69) is 38.1 Å². The summed E-state index contributed by atoms with van der Waals surface area (Å²) in [6.07, 6.45) is 0. The summed E-state index contributed by atoms with van der Waals surface area (Å²) < 4.78 is 0. The minimum Gasteiger partial charge on any atom is -0.481 e. The van der Waals surface area contributed by atoms with Crippen molar-refractivity contribution in [2.45, 2.75) is 25.0 Å². The molecule has 0 aliphatic carbocycles. The van der Waals surface area contributed by atoms with Crippen LogP contribution in [0.3, 0.4) is 0 Å². The Morgan fingerprint density at radius 2 is 2.00 bits per heavy atom. The number of thioether (sulfide) groups is 1. The second kappa shape index (κ2) is 4.50. The number of carboxylic acids is 1. The van der Waals surface area contributed by atoms with Gasteiger partial charge in [-0.2, -0.15) is 11.8 Å². The SMILES string of the molecule is CC(C)c1ccc(C2SCC2C(=O)O)cc1. The fourth-order valence-electron chi connectivity index (χ4n) is 1.89. The van der Waals surface area contributed by atoms with Crippen molar-refractivity contribution in [3.05, 3.63) is 35.4 Å². The number of aliphatic carboxylic acids is 1. The van der Waals surface area contributed by atoms with Crippen molar-refractivity contribution in [1.82, 2.24) is 0 Å². The van der Waals surface area contributed by atoms with Gasteiger partial charge in [0, 0.05) is 11.0 Å². The summed E-state index contributed by atoms with van der Waals surface area (Å²) >= 11 is 1.73. The molecule has 1 aromatic rings. The number of carboxylic acid groups (broad SMARTS) is 1. The molecule has 2 rings (SSSR count). The zero-order valence-electron chi connectivity index (χ0n) is 9.51. The van der Waals surface area contributed by atoms with Crippen LogP contribution in [0, 0.1) is 5.92 Å². The normalized spacial score (nSPS) is 24.2. The molecule has 0 saturated carbocycles. The standard InChI is InChI=1S/C13H16O2S/c1-8(2)9-3-5-10(6-4-9)12-11(7-16-12)13(14)15/h3-6,8,11-12H,7H2,1-2H3,(H,14,15). The maximum absolute atomic E-state index is 10.9. The molecule has 0 amide bonds. The van der Waals surface area contributed by atoms with Crippen LogP contribution in [0.4, 0.5) is 0 Å². The van der Waals surface area contributed by atoms with Gasteiger partial charge in [-0.1, -0.05) is 38.1 Å². The van der Waals surface area contributed by atoms with Crippen LogP contribution < -0.4 is 0 Å². The molecule has 1 N–H and O–H groups in total. The van der Waals surface area contributed by atoms with E-state index in [9.17, 15) is 4.79 Å². The summed E-state index contributed by atoms with van der Waals surface area (Å²) in [6.45, 7) is 4.32. The molecular weight excluding hydrogens is 220 g/mol. The van der Waals surface area contributed by atoms with Crippen LogP contribution in [0.25, 0.3) is 0 Å². The van der Waals surface area contributed by atoms with Gasteiger partial charge < -0.3 is 5.11 Å². The molecule has 16 heavy (non-hydrogen) atoms. The predicted octanol–water partition coefficient (Wildman–Crippen LogP) is 3.30. The highest BCUT2D eigenvalue weighted by atomic mass is 32.2. The lowest BCUT2D eigenvalue weighted by Crippen LogP contribution is -2.30. The molecule has 1 saturated heterocycles. The third kappa shape index (κ3) is 2.09. The summed E-state index contributed by atoms with van der Waals surface area (Å²) in [7, 11) is 0. The topological polar surface area (TPSA) is 37.3 Å². The molecule has 1 aromatic carbocycles. The number of carbonyl (C=O) groups is 1. The van der Waals surface area contributed by atoms with E-state index in [1.807, 2.05) is 0 Å². The Kier molecular flexibility index (Phi) is 3.24. The second-order valence-corrected chi connectivity index (χ2v) is 5.69. The Balaban J connectivity index is 2.13. The molecule has 3 heteroatoms. The first-order valence-electron chi connectivity index (χ1n) is 5.54. The lowest BCUT2D eigenvalue weighted by Gasteiger charge is -2.33. The Morgan fingerprint density at radius 1 is 1.38 bits per heavy atom. The molecule has 86 valence electrons. The van der Waals surface area contributed by atoms with E-state index in [1.54, 1.807) is 11.8 Å². The highest BCUT2D eigenvalue weighted by molar-refractivity contribution is 8.01. The minimum absolute atomic E-state index is 0.152. The molecule has 0 bridgehead atoms. The molecule has 0 aromatic heterocycles. The van der Waals surface area contributed by atoms with Crippen molar-refractivity contribution in [1.29, 1.82) is 0 Å². The third-order valence-corrected chi connectivity index (χ3v) is 4.58. The van der Waals surface area contributed by atoms with E-state index in [1.165, 1.54) is 5.56 Å². The average molecular weight is 236 g/mol. The molecule has 2 unspecified atom stereocenters. The number of rotatable bonds is 3. The molecule has 0 radical (unpaired) electrons. The predicted molar refractivity (Wildman–Crippen MR) is 66.9 cm³/mol. The first-order valence-corrected chi connectivity index (χ1v) is 6.58. The summed E-state index contributed by atoms with van der Waals surface area (Å²) in [6, 6.07) is 8.36. The van der Waals surface area contributed by atoms with Gasteiger partial charge in [-0.3, -0.25) is 4.79 Å². The van der Waals surface area contributed by atoms with E-state index in [-0.39, 0.29) is 11.2 Å². The monoisotopic (exact) mass is 236 g/mol. The molecule has 1 aliphatic heterocycles. The van der Waals surface area contributed by atoms with Gasteiger partial charge in [-0.05, 0) is 17.0 Å². The Bertz CT molecular complexity index is 383. The lowest BCUT2D eigenvalue weighted by atomic mass is 9.96. The molecule has 2 atom stereocenters. The number of hydrogen-bond acceptors (Lipinski definition) is 2. The van der Waals surface area contributed by atoms with Gasteiger partial charge >= 0.3 is 5.97 Å². The molecule has 1 fully saturated rings. The van der Waals surface area contributed by atoms with E-state index >= 15 is 0 Å². The zero-order chi connectivity index (χ0) is 11.7. The highest BCUT2D eigenvalue weighted by Gasteiger charge is 2.38. The van der Waals surface area contributed by atoms with Crippen LogP contribution in [-0.2, 0) is 4.79 Å². The lowest BCUT2D eigenvalue weighted by molar-refractivity contribution is -0.141. The van der Waals surface area contributed by atoms with Gasteiger partial charge in [-0.15, -0.1) is 0 Å².